The number of aryl methyl sites for hydroxylation is 1. The van der Waals surface area contributed by atoms with Crippen LogP contribution in [0.2, 0.25) is 0 Å². The summed E-state index contributed by atoms with van der Waals surface area (Å²) in [4.78, 5) is 15.5. The predicted octanol–water partition coefficient (Wildman–Crippen LogP) is 3.15. The zero-order valence-corrected chi connectivity index (χ0v) is 16.9. The van der Waals surface area contributed by atoms with Gasteiger partial charge in [-0.1, -0.05) is 12.1 Å². The zero-order valence-electron chi connectivity index (χ0n) is 14.5. The van der Waals surface area contributed by atoms with Gasteiger partial charge in [-0.15, -0.1) is 24.0 Å². The Bertz CT molecular complexity index is 539. The lowest BCUT2D eigenvalue weighted by Crippen LogP contribution is -2.37. The highest BCUT2D eigenvalue weighted by atomic mass is 127. The van der Waals surface area contributed by atoms with Crippen molar-refractivity contribution in [3.8, 4) is 0 Å². The Balaban J connectivity index is 0.00000529. The third-order valence-corrected chi connectivity index (χ3v) is 3.31. The highest BCUT2D eigenvalue weighted by Gasteiger charge is 2.02. The maximum atomic E-state index is 13.2. The van der Waals surface area contributed by atoms with E-state index in [9.17, 15) is 9.18 Å². The number of aliphatic imine (C=N–C) groups is 1. The molecule has 0 bridgehead atoms. The van der Waals surface area contributed by atoms with E-state index in [1.807, 2.05) is 6.92 Å². The van der Waals surface area contributed by atoms with Crippen LogP contribution in [0.4, 0.5) is 4.39 Å². The number of ether oxygens (including phenoxy) is 1. The summed E-state index contributed by atoms with van der Waals surface area (Å²) < 4.78 is 17.8. The molecule has 0 radical (unpaired) electrons. The summed E-state index contributed by atoms with van der Waals surface area (Å²) in [5, 5.41) is 6.38. The minimum Gasteiger partial charge on any atom is -0.469 e. The summed E-state index contributed by atoms with van der Waals surface area (Å²) in [6, 6.07) is 5.01. The summed E-state index contributed by atoms with van der Waals surface area (Å²) in [5.41, 5.74) is 1.59. The van der Waals surface area contributed by atoms with Crippen molar-refractivity contribution >= 4 is 35.9 Å². The molecule has 2 N–H and O–H groups in total. The standard InChI is InChI=1S/C17H26FN3O2.HI/c1-4-19-17(20-10-6-5-7-16(22)23-3)21-12-14-8-9-15(18)13(2)11-14;/h8-9,11H,4-7,10,12H2,1-3H3,(H2,19,20,21);1H. The second-order valence-electron chi connectivity index (χ2n) is 5.24. The summed E-state index contributed by atoms with van der Waals surface area (Å²) in [7, 11) is 1.40. The molecule has 0 aromatic heterocycles. The van der Waals surface area contributed by atoms with E-state index in [0.717, 1.165) is 31.5 Å². The molecule has 0 spiro atoms. The first-order valence-corrected chi connectivity index (χ1v) is 7.90. The van der Waals surface area contributed by atoms with E-state index in [1.54, 1.807) is 19.1 Å². The maximum Gasteiger partial charge on any atom is 0.305 e. The maximum absolute atomic E-state index is 13.2. The van der Waals surface area contributed by atoms with Gasteiger partial charge < -0.3 is 15.4 Å². The molecule has 0 amide bonds. The molecule has 0 atom stereocenters. The molecule has 0 fully saturated rings. The van der Waals surface area contributed by atoms with Gasteiger partial charge in [-0.3, -0.25) is 4.79 Å². The number of unbranched alkanes of at least 4 members (excludes halogenated alkanes) is 1. The first kappa shape index (κ1) is 22.6. The van der Waals surface area contributed by atoms with Gasteiger partial charge in [-0.05, 0) is 43.9 Å². The minimum absolute atomic E-state index is 0. The third kappa shape index (κ3) is 9.05. The van der Waals surface area contributed by atoms with Gasteiger partial charge in [-0.2, -0.15) is 0 Å². The normalized spacial score (nSPS) is 10.8. The molecule has 5 nitrogen and oxygen atoms in total. The lowest BCUT2D eigenvalue weighted by Gasteiger charge is -2.11. The number of guanidine groups is 1. The fraction of sp³-hybridized carbons (Fsp3) is 0.529. The Morgan fingerprint density at radius 2 is 2.04 bits per heavy atom. The van der Waals surface area contributed by atoms with Crippen LogP contribution in [-0.4, -0.2) is 32.1 Å². The van der Waals surface area contributed by atoms with Crippen LogP contribution in [0.3, 0.4) is 0 Å². The topological polar surface area (TPSA) is 62.7 Å². The highest BCUT2D eigenvalue weighted by Crippen LogP contribution is 2.10. The van der Waals surface area contributed by atoms with Crippen molar-refractivity contribution in [2.24, 2.45) is 4.99 Å². The minimum atomic E-state index is -0.201. The number of hydrogen-bond acceptors (Lipinski definition) is 3. The van der Waals surface area contributed by atoms with E-state index in [2.05, 4.69) is 20.4 Å². The fourth-order valence-corrected chi connectivity index (χ4v) is 2.02. The smallest absolute Gasteiger partial charge is 0.305 e. The van der Waals surface area contributed by atoms with E-state index in [0.29, 0.717) is 24.5 Å². The van der Waals surface area contributed by atoms with Gasteiger partial charge in [0.25, 0.3) is 0 Å². The van der Waals surface area contributed by atoms with E-state index < -0.39 is 0 Å². The van der Waals surface area contributed by atoms with Crippen LogP contribution in [0.25, 0.3) is 0 Å². The Hall–Kier alpha value is -1.38. The van der Waals surface area contributed by atoms with Crippen molar-refractivity contribution < 1.29 is 13.9 Å². The monoisotopic (exact) mass is 451 g/mol. The van der Waals surface area contributed by atoms with Gasteiger partial charge in [-0.25, -0.2) is 9.38 Å². The molecule has 0 aliphatic heterocycles. The molecule has 1 aromatic carbocycles. The Kier molecular flexibility index (Phi) is 12.2. The molecular formula is C17H27FIN3O2. The van der Waals surface area contributed by atoms with Gasteiger partial charge in [0.2, 0.25) is 0 Å². The SMILES string of the molecule is CCNC(=NCc1ccc(F)c(C)c1)NCCCCC(=O)OC.I. The second kappa shape index (κ2) is 13.0. The molecule has 0 heterocycles. The van der Waals surface area contributed by atoms with Crippen LogP contribution in [0, 0.1) is 12.7 Å². The third-order valence-electron chi connectivity index (χ3n) is 3.31. The summed E-state index contributed by atoms with van der Waals surface area (Å²) >= 11 is 0. The van der Waals surface area contributed by atoms with E-state index in [-0.39, 0.29) is 35.8 Å². The molecule has 7 heteroatoms. The number of carbonyl (C=O) groups excluding carboxylic acids is 1. The van der Waals surface area contributed by atoms with Crippen molar-refractivity contribution in [2.75, 3.05) is 20.2 Å². The number of esters is 1. The average Bonchev–Trinajstić information content (AvgIpc) is 2.54. The van der Waals surface area contributed by atoms with Crippen molar-refractivity contribution in [3.63, 3.8) is 0 Å². The fourth-order valence-electron chi connectivity index (χ4n) is 2.02. The molecule has 0 saturated heterocycles. The lowest BCUT2D eigenvalue weighted by molar-refractivity contribution is -0.140. The van der Waals surface area contributed by atoms with Crippen LogP contribution in [0.5, 0.6) is 0 Å². The molecule has 0 unspecified atom stereocenters. The molecular weight excluding hydrogens is 424 g/mol. The van der Waals surface area contributed by atoms with Crippen LogP contribution in [0.1, 0.15) is 37.3 Å². The number of benzene rings is 1. The molecule has 0 saturated carbocycles. The molecule has 0 aliphatic carbocycles. The number of halogens is 2. The Morgan fingerprint density at radius 1 is 1.29 bits per heavy atom. The summed E-state index contributed by atoms with van der Waals surface area (Å²) in [6.07, 6.45) is 2.06. The lowest BCUT2D eigenvalue weighted by atomic mass is 10.1. The predicted molar refractivity (Wildman–Crippen MR) is 105 cm³/mol. The van der Waals surface area contributed by atoms with Gasteiger partial charge in [0.15, 0.2) is 5.96 Å². The number of rotatable bonds is 8. The van der Waals surface area contributed by atoms with Gasteiger partial charge in [0.1, 0.15) is 5.82 Å². The molecule has 1 rings (SSSR count). The average molecular weight is 451 g/mol. The highest BCUT2D eigenvalue weighted by molar-refractivity contribution is 14.0. The quantitative estimate of drug-likeness (QED) is 0.210. The van der Waals surface area contributed by atoms with E-state index in [1.165, 1.54) is 13.2 Å². The summed E-state index contributed by atoms with van der Waals surface area (Å²) in [5.74, 6) is 0.332. The largest absolute Gasteiger partial charge is 0.469 e. The van der Waals surface area contributed by atoms with Gasteiger partial charge in [0.05, 0.1) is 13.7 Å². The number of carbonyl (C=O) groups is 1. The first-order chi connectivity index (χ1) is 11.1. The Labute approximate surface area is 160 Å². The van der Waals surface area contributed by atoms with Crippen LogP contribution < -0.4 is 10.6 Å². The summed E-state index contributed by atoms with van der Waals surface area (Å²) in [6.45, 7) is 5.71. The van der Waals surface area contributed by atoms with Crippen molar-refractivity contribution in [2.45, 2.75) is 39.7 Å². The van der Waals surface area contributed by atoms with Crippen molar-refractivity contribution in [1.82, 2.24) is 10.6 Å². The van der Waals surface area contributed by atoms with Crippen LogP contribution in [-0.2, 0) is 16.1 Å². The second-order valence-corrected chi connectivity index (χ2v) is 5.24. The van der Waals surface area contributed by atoms with Gasteiger partial charge >= 0.3 is 5.97 Å². The Morgan fingerprint density at radius 3 is 2.67 bits per heavy atom. The van der Waals surface area contributed by atoms with Crippen LogP contribution >= 0.6 is 24.0 Å². The molecule has 1 aromatic rings. The number of nitrogens with one attached hydrogen (secondary N) is 2. The van der Waals surface area contributed by atoms with Crippen LogP contribution in [0.15, 0.2) is 23.2 Å². The molecule has 136 valence electrons. The number of hydrogen-bond donors (Lipinski definition) is 2. The molecule has 24 heavy (non-hydrogen) atoms. The van der Waals surface area contributed by atoms with E-state index in [4.69, 9.17) is 0 Å². The number of nitrogens with zero attached hydrogens (tertiary/aromatic N) is 1. The zero-order chi connectivity index (χ0) is 17.1. The first-order valence-electron chi connectivity index (χ1n) is 7.90. The van der Waals surface area contributed by atoms with Gasteiger partial charge in [0, 0.05) is 19.5 Å². The van der Waals surface area contributed by atoms with E-state index >= 15 is 0 Å². The van der Waals surface area contributed by atoms with Crippen molar-refractivity contribution in [1.29, 1.82) is 0 Å². The number of methoxy groups -OCH3 is 1. The molecule has 0 aliphatic rings. The van der Waals surface area contributed by atoms with Crippen molar-refractivity contribution in [3.05, 3.63) is 35.1 Å².